The predicted octanol–water partition coefficient (Wildman–Crippen LogP) is 3.91. The summed E-state index contributed by atoms with van der Waals surface area (Å²) in [6, 6.07) is 0. The van der Waals surface area contributed by atoms with Crippen molar-refractivity contribution in [1.82, 2.24) is 0 Å². The molecule has 4 saturated carbocycles. The van der Waals surface area contributed by atoms with Crippen LogP contribution in [0.1, 0.15) is 72.1 Å². The van der Waals surface area contributed by atoms with Gasteiger partial charge in [-0.05, 0) is 79.4 Å². The van der Waals surface area contributed by atoms with Gasteiger partial charge >= 0.3 is 5.97 Å². The number of fused-ring (bicyclic) bond motifs is 5. The SMILES string of the molecule is C[C@H](C(=O)O)[C@@H]1CC[C@@H]2[C@@H]3CC[C@@H]4C[C@H](O)CC[C@]4(C)[C@@H]3C(=O)C[C@]21C. The third kappa shape index (κ3) is 2.43. The van der Waals surface area contributed by atoms with Gasteiger partial charge in [0, 0.05) is 12.3 Å². The van der Waals surface area contributed by atoms with Crippen LogP contribution in [0.2, 0.25) is 0 Å². The highest BCUT2D eigenvalue weighted by Gasteiger charge is 2.63. The second kappa shape index (κ2) is 6.05. The van der Waals surface area contributed by atoms with Gasteiger partial charge in [-0.3, -0.25) is 9.59 Å². The van der Waals surface area contributed by atoms with E-state index in [1.165, 1.54) is 0 Å². The fourth-order valence-corrected chi connectivity index (χ4v) is 8.08. The van der Waals surface area contributed by atoms with E-state index >= 15 is 0 Å². The summed E-state index contributed by atoms with van der Waals surface area (Å²) in [5.41, 5.74) is -0.107. The van der Waals surface area contributed by atoms with Gasteiger partial charge in [-0.25, -0.2) is 0 Å². The van der Waals surface area contributed by atoms with E-state index in [4.69, 9.17) is 0 Å². The van der Waals surface area contributed by atoms with Crippen molar-refractivity contribution in [2.75, 3.05) is 0 Å². The Morgan fingerprint density at radius 1 is 1.12 bits per heavy atom. The predicted molar refractivity (Wildman–Crippen MR) is 98.4 cm³/mol. The molecule has 0 aromatic heterocycles. The van der Waals surface area contributed by atoms with Crippen LogP contribution < -0.4 is 0 Å². The van der Waals surface area contributed by atoms with Gasteiger partial charge in [0.25, 0.3) is 0 Å². The molecule has 4 aliphatic carbocycles. The molecular weight excluding hydrogens is 328 g/mol. The summed E-state index contributed by atoms with van der Waals surface area (Å²) in [6.45, 7) is 6.35. The van der Waals surface area contributed by atoms with Gasteiger partial charge in [-0.2, -0.15) is 0 Å². The summed E-state index contributed by atoms with van der Waals surface area (Å²) in [6.07, 6.45) is 7.24. The van der Waals surface area contributed by atoms with E-state index in [1.54, 1.807) is 0 Å². The monoisotopic (exact) mass is 362 g/mol. The van der Waals surface area contributed by atoms with E-state index in [1.807, 2.05) is 6.92 Å². The topological polar surface area (TPSA) is 74.6 Å². The smallest absolute Gasteiger partial charge is 0.306 e. The highest BCUT2D eigenvalue weighted by molar-refractivity contribution is 5.84. The number of ketones is 1. The number of carboxylic acids is 1. The molecule has 0 heterocycles. The van der Waals surface area contributed by atoms with Gasteiger partial charge in [-0.15, -0.1) is 0 Å². The van der Waals surface area contributed by atoms with Crippen LogP contribution in [0.4, 0.5) is 0 Å². The molecule has 0 radical (unpaired) electrons. The summed E-state index contributed by atoms with van der Waals surface area (Å²) in [5, 5.41) is 19.7. The number of Topliss-reactive ketones (excluding diaryl/α,β-unsaturated/α-hetero) is 1. The third-order valence-electron chi connectivity index (χ3n) is 9.39. The maximum atomic E-state index is 13.4. The van der Waals surface area contributed by atoms with Crippen molar-refractivity contribution in [1.29, 1.82) is 0 Å². The van der Waals surface area contributed by atoms with E-state index in [0.29, 0.717) is 30.0 Å². The molecular formula is C22H34O4. The average molecular weight is 363 g/mol. The van der Waals surface area contributed by atoms with Crippen molar-refractivity contribution in [3.8, 4) is 0 Å². The lowest BCUT2D eigenvalue weighted by Crippen LogP contribution is -2.58. The summed E-state index contributed by atoms with van der Waals surface area (Å²) in [7, 11) is 0. The lowest BCUT2D eigenvalue weighted by Gasteiger charge is -2.60. The Morgan fingerprint density at radius 3 is 2.54 bits per heavy atom. The molecule has 2 N–H and O–H groups in total. The zero-order valence-electron chi connectivity index (χ0n) is 16.4. The summed E-state index contributed by atoms with van der Waals surface area (Å²) >= 11 is 0. The lowest BCUT2D eigenvalue weighted by molar-refractivity contribution is -0.165. The number of aliphatic carboxylic acids is 1. The second-order valence-electron chi connectivity index (χ2n) is 10.4. The number of rotatable bonds is 2. The number of carbonyl (C=O) groups is 2. The van der Waals surface area contributed by atoms with E-state index in [-0.39, 0.29) is 34.7 Å². The van der Waals surface area contributed by atoms with Gasteiger partial charge in [0.1, 0.15) is 5.78 Å². The Balaban J connectivity index is 1.65. The van der Waals surface area contributed by atoms with Crippen LogP contribution in [0.25, 0.3) is 0 Å². The Kier molecular flexibility index (Phi) is 4.30. The van der Waals surface area contributed by atoms with Crippen molar-refractivity contribution >= 4 is 11.8 Å². The van der Waals surface area contributed by atoms with Gasteiger partial charge in [-0.1, -0.05) is 20.8 Å². The van der Waals surface area contributed by atoms with Crippen molar-refractivity contribution in [3.63, 3.8) is 0 Å². The molecule has 0 aromatic rings. The van der Waals surface area contributed by atoms with Crippen molar-refractivity contribution in [2.45, 2.75) is 78.2 Å². The van der Waals surface area contributed by atoms with Crippen LogP contribution >= 0.6 is 0 Å². The maximum Gasteiger partial charge on any atom is 0.306 e. The van der Waals surface area contributed by atoms with Crippen molar-refractivity contribution in [3.05, 3.63) is 0 Å². The van der Waals surface area contributed by atoms with Gasteiger partial charge < -0.3 is 10.2 Å². The number of hydrogen-bond acceptors (Lipinski definition) is 3. The number of carbonyl (C=O) groups excluding carboxylic acids is 1. The van der Waals surface area contributed by atoms with Crippen LogP contribution in [0.5, 0.6) is 0 Å². The first-order valence-corrected chi connectivity index (χ1v) is 10.6. The number of aliphatic hydroxyl groups excluding tert-OH is 1. The Labute approximate surface area is 156 Å². The van der Waals surface area contributed by atoms with Crippen LogP contribution in [0, 0.1) is 46.3 Å². The average Bonchev–Trinajstić information content (AvgIpc) is 2.90. The van der Waals surface area contributed by atoms with Crippen molar-refractivity contribution < 1.29 is 19.8 Å². The first kappa shape index (κ1) is 18.5. The molecule has 0 saturated heterocycles. The molecule has 0 aromatic carbocycles. The zero-order chi connectivity index (χ0) is 18.9. The lowest BCUT2D eigenvalue weighted by atomic mass is 9.44. The number of aliphatic hydroxyl groups is 1. The Hall–Kier alpha value is -0.900. The minimum absolute atomic E-state index is 0.0388. The molecule has 4 fully saturated rings. The minimum atomic E-state index is -0.719. The molecule has 146 valence electrons. The van der Waals surface area contributed by atoms with E-state index < -0.39 is 5.97 Å². The van der Waals surface area contributed by atoms with E-state index in [9.17, 15) is 19.8 Å². The largest absolute Gasteiger partial charge is 0.481 e. The molecule has 0 aliphatic heterocycles. The Bertz CT molecular complexity index is 615. The van der Waals surface area contributed by atoms with Crippen molar-refractivity contribution in [2.24, 2.45) is 46.3 Å². The molecule has 0 spiro atoms. The zero-order valence-corrected chi connectivity index (χ0v) is 16.4. The van der Waals surface area contributed by atoms with Crippen LogP contribution in [0.3, 0.4) is 0 Å². The number of carboxylic acid groups (broad SMARTS) is 1. The van der Waals surface area contributed by atoms with E-state index in [0.717, 1.165) is 44.9 Å². The molecule has 0 unspecified atom stereocenters. The standard InChI is InChI=1S/C22H34O4/c1-12(20(25)26)16-6-7-17-15-5-4-13-10-14(23)8-9-21(13,2)19(15)18(24)11-22(16,17)3/h12-17,19,23H,4-11H2,1-3H3,(H,25,26)/t12-,13+,14+,15-,16-,17+,19-,21-,22-/m0/s1. The third-order valence-corrected chi connectivity index (χ3v) is 9.39. The summed E-state index contributed by atoms with van der Waals surface area (Å²) in [4.78, 5) is 25.1. The maximum absolute atomic E-state index is 13.4. The second-order valence-corrected chi connectivity index (χ2v) is 10.4. The highest BCUT2D eigenvalue weighted by Crippen LogP contribution is 2.67. The van der Waals surface area contributed by atoms with E-state index in [2.05, 4.69) is 13.8 Å². The van der Waals surface area contributed by atoms with Gasteiger partial charge in [0.05, 0.1) is 12.0 Å². The van der Waals surface area contributed by atoms with Crippen LogP contribution in [-0.4, -0.2) is 28.1 Å². The fourth-order valence-electron chi connectivity index (χ4n) is 8.08. The first-order chi connectivity index (χ1) is 12.2. The van der Waals surface area contributed by atoms with Gasteiger partial charge in [0.2, 0.25) is 0 Å². The summed E-state index contributed by atoms with van der Waals surface area (Å²) in [5.74, 6) is 0.928. The molecule has 26 heavy (non-hydrogen) atoms. The highest BCUT2D eigenvalue weighted by atomic mass is 16.4. The molecule has 0 bridgehead atoms. The molecule has 4 aliphatic rings. The van der Waals surface area contributed by atoms with Crippen LogP contribution in [-0.2, 0) is 9.59 Å². The fraction of sp³-hybridized carbons (Fsp3) is 0.909. The molecule has 4 heteroatoms. The normalized spacial score (nSPS) is 51.9. The Morgan fingerprint density at radius 2 is 1.85 bits per heavy atom. The first-order valence-electron chi connectivity index (χ1n) is 10.6. The minimum Gasteiger partial charge on any atom is -0.481 e. The van der Waals surface area contributed by atoms with Crippen LogP contribution in [0.15, 0.2) is 0 Å². The quantitative estimate of drug-likeness (QED) is 0.781. The summed E-state index contributed by atoms with van der Waals surface area (Å²) < 4.78 is 0. The molecule has 9 atom stereocenters. The number of hydrogen-bond donors (Lipinski definition) is 2. The molecule has 4 nitrogen and oxygen atoms in total. The molecule has 4 rings (SSSR count). The molecule has 0 amide bonds. The van der Waals surface area contributed by atoms with Gasteiger partial charge in [0.15, 0.2) is 0 Å².